The predicted molar refractivity (Wildman–Crippen MR) is 137 cm³/mol. The zero-order chi connectivity index (χ0) is 25.5. The number of carbonyl (C=O) groups excluding carboxylic acids is 2. The molecule has 35 heavy (non-hydrogen) atoms. The second kappa shape index (κ2) is 9.78. The molecule has 1 fully saturated rings. The molecule has 3 aromatic carbocycles. The summed E-state index contributed by atoms with van der Waals surface area (Å²) in [4.78, 5) is 25.7. The van der Waals surface area contributed by atoms with E-state index in [0.29, 0.717) is 16.7 Å². The van der Waals surface area contributed by atoms with Crippen LogP contribution in [0.25, 0.3) is 6.08 Å². The fraction of sp³-hybridized carbons (Fsp3) is 0.120. The second-order valence-electron chi connectivity index (χ2n) is 7.91. The lowest BCUT2D eigenvalue weighted by Gasteiger charge is -2.11. The monoisotopic (exact) mass is 554 g/mol. The Hall–Kier alpha value is -2.64. The third kappa shape index (κ3) is 5.31. The average molecular weight is 556 g/mol. The van der Waals surface area contributed by atoms with Gasteiger partial charge in [0.1, 0.15) is 16.0 Å². The zero-order valence-corrected chi connectivity index (χ0v) is 20.7. The number of carbonyl (C=O) groups is 2. The van der Waals surface area contributed by atoms with Crippen molar-refractivity contribution in [3.8, 4) is 0 Å². The largest absolute Gasteiger partial charge is 0.326 e. The molecule has 0 radical (unpaired) electrons. The van der Waals surface area contributed by atoms with Crippen molar-refractivity contribution in [2.75, 3.05) is 10.6 Å². The summed E-state index contributed by atoms with van der Waals surface area (Å²) in [6.45, 7) is 3.72. The van der Waals surface area contributed by atoms with Crippen LogP contribution in [0.4, 0.5) is 20.2 Å². The Balaban J connectivity index is 1.52. The van der Waals surface area contributed by atoms with Crippen molar-refractivity contribution in [1.82, 2.24) is 0 Å². The van der Waals surface area contributed by atoms with Crippen LogP contribution in [-0.4, -0.2) is 16.1 Å². The molecule has 0 aliphatic heterocycles. The van der Waals surface area contributed by atoms with Crippen LogP contribution in [0.2, 0.25) is 10.0 Å². The third-order valence-electron chi connectivity index (χ3n) is 5.53. The summed E-state index contributed by atoms with van der Waals surface area (Å²) in [6, 6.07) is 12.2. The van der Waals surface area contributed by atoms with Gasteiger partial charge in [-0.05, 0) is 53.6 Å². The Bertz CT molecular complexity index is 1360. The van der Waals surface area contributed by atoms with Gasteiger partial charge in [-0.3, -0.25) is 9.59 Å². The summed E-state index contributed by atoms with van der Waals surface area (Å²) >= 11 is 25.2. The number of hydrogen-bond donors (Lipinski definition) is 2. The highest BCUT2D eigenvalue weighted by Crippen LogP contribution is 2.65. The first-order valence-corrected chi connectivity index (χ1v) is 11.7. The molecule has 2 atom stereocenters. The standard InChI is InChI=1S/C25H16Cl4F2N2O2/c1-2-12-7-13(9-14(26)8-12)21-22(25(21,28)29)24(35)32-16-4-5-18(27)17(11-16)23(34)33-20-6-3-15(30)10-19(20)31/h2-11,21-22H,1H2,(H,32,35)(H,33,34)/t21-,22+/m0/s1. The van der Waals surface area contributed by atoms with Crippen molar-refractivity contribution < 1.29 is 18.4 Å². The summed E-state index contributed by atoms with van der Waals surface area (Å²) < 4.78 is 25.7. The van der Waals surface area contributed by atoms with Crippen LogP contribution < -0.4 is 10.6 Å². The molecule has 180 valence electrons. The minimum atomic E-state index is -1.36. The Morgan fingerprint density at radius 2 is 1.71 bits per heavy atom. The molecule has 0 aromatic heterocycles. The summed E-state index contributed by atoms with van der Waals surface area (Å²) in [7, 11) is 0. The van der Waals surface area contributed by atoms with Crippen molar-refractivity contribution in [3.05, 3.63) is 99.5 Å². The Labute approximate surface area is 219 Å². The number of halogens is 6. The fourth-order valence-corrected chi connectivity index (χ4v) is 5.06. The molecule has 1 saturated carbocycles. The molecular formula is C25H16Cl4F2N2O2. The van der Waals surface area contributed by atoms with E-state index in [1.165, 1.54) is 18.2 Å². The predicted octanol–water partition coefficient (Wildman–Crippen LogP) is 7.69. The van der Waals surface area contributed by atoms with Gasteiger partial charge in [-0.1, -0.05) is 41.9 Å². The lowest BCUT2D eigenvalue weighted by Crippen LogP contribution is -2.18. The maximum atomic E-state index is 13.9. The summed E-state index contributed by atoms with van der Waals surface area (Å²) in [5.74, 6) is -4.25. The minimum Gasteiger partial charge on any atom is -0.326 e. The van der Waals surface area contributed by atoms with Crippen LogP contribution in [0.3, 0.4) is 0 Å². The van der Waals surface area contributed by atoms with Crippen molar-refractivity contribution in [1.29, 1.82) is 0 Å². The lowest BCUT2D eigenvalue weighted by molar-refractivity contribution is -0.117. The molecule has 4 rings (SSSR count). The third-order valence-corrected chi connectivity index (χ3v) is 7.02. The summed E-state index contributed by atoms with van der Waals surface area (Å²) in [6.07, 6.45) is 1.62. The molecule has 2 N–H and O–H groups in total. The van der Waals surface area contributed by atoms with Gasteiger partial charge in [-0.15, -0.1) is 23.2 Å². The van der Waals surface area contributed by atoms with Crippen LogP contribution in [-0.2, 0) is 4.79 Å². The first-order chi connectivity index (χ1) is 16.5. The van der Waals surface area contributed by atoms with Gasteiger partial charge in [0.05, 0.1) is 22.2 Å². The van der Waals surface area contributed by atoms with Crippen molar-refractivity contribution in [2.24, 2.45) is 5.92 Å². The summed E-state index contributed by atoms with van der Waals surface area (Å²) in [5.41, 5.74) is 1.44. The van der Waals surface area contributed by atoms with Gasteiger partial charge >= 0.3 is 0 Å². The van der Waals surface area contributed by atoms with E-state index in [1.807, 2.05) is 0 Å². The van der Waals surface area contributed by atoms with Crippen LogP contribution in [0.5, 0.6) is 0 Å². The van der Waals surface area contributed by atoms with Gasteiger partial charge in [0.25, 0.3) is 5.91 Å². The first-order valence-electron chi connectivity index (χ1n) is 10.2. The number of benzene rings is 3. The van der Waals surface area contributed by atoms with E-state index in [1.54, 1.807) is 24.3 Å². The molecule has 0 saturated heterocycles. The van der Waals surface area contributed by atoms with Gasteiger partial charge in [-0.2, -0.15) is 0 Å². The number of alkyl halides is 2. The maximum Gasteiger partial charge on any atom is 0.257 e. The Kier molecular flexibility index (Phi) is 7.11. The molecule has 3 aromatic rings. The van der Waals surface area contributed by atoms with Gasteiger partial charge in [-0.25, -0.2) is 8.78 Å². The highest BCUT2D eigenvalue weighted by molar-refractivity contribution is 6.53. The van der Waals surface area contributed by atoms with Gasteiger partial charge in [0.2, 0.25) is 5.91 Å². The van der Waals surface area contributed by atoms with Crippen molar-refractivity contribution in [2.45, 2.75) is 10.3 Å². The van der Waals surface area contributed by atoms with E-state index in [4.69, 9.17) is 46.4 Å². The van der Waals surface area contributed by atoms with Crippen LogP contribution >= 0.6 is 46.4 Å². The average Bonchev–Trinajstić information content (AvgIpc) is 3.38. The number of amides is 2. The van der Waals surface area contributed by atoms with E-state index in [-0.39, 0.29) is 22.0 Å². The number of anilines is 2. The highest BCUT2D eigenvalue weighted by Gasteiger charge is 2.67. The molecule has 0 heterocycles. The zero-order valence-electron chi connectivity index (χ0n) is 17.7. The van der Waals surface area contributed by atoms with Crippen molar-refractivity contribution >= 4 is 75.7 Å². The molecule has 4 nitrogen and oxygen atoms in total. The Morgan fingerprint density at radius 3 is 2.40 bits per heavy atom. The molecule has 0 bridgehead atoms. The maximum absolute atomic E-state index is 13.9. The normalized spacial score (nSPS) is 18.0. The molecule has 10 heteroatoms. The number of hydrogen-bond acceptors (Lipinski definition) is 2. The number of nitrogens with one attached hydrogen (secondary N) is 2. The van der Waals surface area contributed by atoms with E-state index in [2.05, 4.69) is 17.2 Å². The van der Waals surface area contributed by atoms with Gasteiger partial charge < -0.3 is 10.6 Å². The molecule has 2 amide bonds. The topological polar surface area (TPSA) is 58.2 Å². The minimum absolute atomic E-state index is 0.0333. The van der Waals surface area contributed by atoms with E-state index >= 15 is 0 Å². The molecular weight excluding hydrogens is 540 g/mol. The van der Waals surface area contributed by atoms with E-state index in [0.717, 1.165) is 17.7 Å². The van der Waals surface area contributed by atoms with Gasteiger partial charge in [0.15, 0.2) is 0 Å². The van der Waals surface area contributed by atoms with Crippen LogP contribution in [0, 0.1) is 17.6 Å². The fourth-order valence-electron chi connectivity index (χ4n) is 3.78. The lowest BCUT2D eigenvalue weighted by atomic mass is 10.1. The van der Waals surface area contributed by atoms with Crippen LogP contribution in [0.1, 0.15) is 27.4 Å². The Morgan fingerprint density at radius 1 is 0.971 bits per heavy atom. The van der Waals surface area contributed by atoms with Gasteiger partial charge in [0, 0.05) is 22.7 Å². The molecule has 1 aliphatic rings. The number of rotatable bonds is 6. The molecule has 1 aliphatic carbocycles. The quantitative estimate of drug-likeness (QED) is 0.306. The smallest absolute Gasteiger partial charge is 0.257 e. The highest BCUT2D eigenvalue weighted by atomic mass is 35.5. The first kappa shape index (κ1) is 25.5. The van der Waals surface area contributed by atoms with Crippen LogP contribution in [0.15, 0.2) is 61.2 Å². The summed E-state index contributed by atoms with van der Waals surface area (Å²) in [5, 5.41) is 5.53. The van der Waals surface area contributed by atoms with Crippen molar-refractivity contribution in [3.63, 3.8) is 0 Å². The second-order valence-corrected chi connectivity index (χ2v) is 10.2. The molecule has 0 spiro atoms. The molecule has 0 unspecified atom stereocenters. The van der Waals surface area contributed by atoms with E-state index in [9.17, 15) is 18.4 Å². The SMILES string of the molecule is C=Cc1cc(Cl)cc([C@H]2[C@H](C(=O)Nc3ccc(Cl)c(C(=O)Nc4ccc(F)cc4F)c3)C2(Cl)Cl)c1. The van der Waals surface area contributed by atoms with E-state index < -0.39 is 39.6 Å².